The molecule has 0 spiro atoms. The molecule has 0 aliphatic heterocycles. The summed E-state index contributed by atoms with van der Waals surface area (Å²) in [5.41, 5.74) is 1.46. The lowest BCUT2D eigenvalue weighted by Gasteiger charge is -2.02. The molecule has 2 nitrogen and oxygen atoms in total. The van der Waals surface area contributed by atoms with Gasteiger partial charge >= 0.3 is 5.97 Å². The van der Waals surface area contributed by atoms with E-state index in [0.29, 0.717) is 6.42 Å². The number of carboxylic acids is 1. The smallest absolute Gasteiger partial charge is 0.303 e. The third-order valence-corrected chi connectivity index (χ3v) is 5.97. The predicted molar refractivity (Wildman–Crippen MR) is 111 cm³/mol. The van der Waals surface area contributed by atoms with Gasteiger partial charge in [-0.15, -0.1) is 11.3 Å². The summed E-state index contributed by atoms with van der Waals surface area (Å²) in [6, 6.07) is 15.3. The van der Waals surface area contributed by atoms with E-state index < -0.39 is 5.97 Å². The summed E-state index contributed by atoms with van der Waals surface area (Å²) < 4.78 is 0. The second-order valence-corrected chi connectivity index (χ2v) is 8.33. The fourth-order valence-corrected chi connectivity index (χ4v) is 4.35. The Labute approximate surface area is 162 Å². The first-order valence-corrected chi connectivity index (χ1v) is 10.9. The molecule has 0 amide bonds. The Bertz CT molecular complexity index is 618. The number of hydrogen-bond acceptors (Lipinski definition) is 2. The van der Waals surface area contributed by atoms with Crippen LogP contribution in [0.5, 0.6) is 0 Å². The molecule has 0 bridgehead atoms. The van der Waals surface area contributed by atoms with Crippen LogP contribution in [0.25, 0.3) is 0 Å². The quantitative estimate of drug-likeness (QED) is 0.376. The van der Waals surface area contributed by atoms with E-state index in [1.165, 1.54) is 66.7 Å². The van der Waals surface area contributed by atoms with Gasteiger partial charge in [0.2, 0.25) is 0 Å². The van der Waals surface area contributed by atoms with Crippen molar-refractivity contribution in [2.24, 2.45) is 0 Å². The van der Waals surface area contributed by atoms with Gasteiger partial charge in [0.05, 0.1) is 0 Å². The summed E-state index contributed by atoms with van der Waals surface area (Å²) in [5.74, 6) is -0.683. The average molecular weight is 373 g/mol. The van der Waals surface area contributed by atoms with Gasteiger partial charge in [-0.25, -0.2) is 0 Å². The molecular formula is C23H32O2S. The molecule has 2 aromatic rings. The predicted octanol–water partition coefficient (Wildman–Crippen LogP) is 6.67. The zero-order valence-electron chi connectivity index (χ0n) is 15.8. The highest BCUT2D eigenvalue weighted by Crippen LogP contribution is 2.21. The summed E-state index contributed by atoms with van der Waals surface area (Å²) >= 11 is 1.91. The number of aliphatic carboxylic acids is 1. The molecule has 0 unspecified atom stereocenters. The fourth-order valence-electron chi connectivity index (χ4n) is 3.25. The van der Waals surface area contributed by atoms with Gasteiger partial charge in [0.1, 0.15) is 0 Å². The van der Waals surface area contributed by atoms with Crippen LogP contribution >= 0.6 is 11.3 Å². The maximum absolute atomic E-state index is 10.5. The monoisotopic (exact) mass is 372 g/mol. The van der Waals surface area contributed by atoms with Crippen LogP contribution in [0.15, 0.2) is 42.5 Å². The Morgan fingerprint density at radius 2 is 1.23 bits per heavy atom. The molecule has 0 atom stereocenters. The van der Waals surface area contributed by atoms with E-state index in [1.807, 2.05) is 11.3 Å². The molecule has 0 aliphatic carbocycles. The van der Waals surface area contributed by atoms with Crippen LogP contribution in [-0.2, 0) is 24.1 Å². The van der Waals surface area contributed by atoms with Gasteiger partial charge in [-0.1, -0.05) is 56.0 Å². The summed E-state index contributed by atoms with van der Waals surface area (Å²) in [6.45, 7) is 0. The topological polar surface area (TPSA) is 37.3 Å². The van der Waals surface area contributed by atoms with E-state index in [1.54, 1.807) is 0 Å². The van der Waals surface area contributed by atoms with Crippen LogP contribution in [0.2, 0.25) is 0 Å². The minimum absolute atomic E-state index is 0.295. The molecule has 1 N–H and O–H groups in total. The van der Waals surface area contributed by atoms with Crippen molar-refractivity contribution < 1.29 is 9.90 Å². The first-order chi connectivity index (χ1) is 12.7. The molecular weight excluding hydrogens is 340 g/mol. The molecule has 0 fully saturated rings. The Kier molecular flexibility index (Phi) is 10.1. The van der Waals surface area contributed by atoms with Crippen molar-refractivity contribution in [3.63, 3.8) is 0 Å². The first kappa shape index (κ1) is 20.7. The maximum Gasteiger partial charge on any atom is 0.303 e. The number of aryl methyl sites for hydroxylation is 3. The number of carboxylic acid groups (broad SMARTS) is 1. The first-order valence-electron chi connectivity index (χ1n) is 10.1. The van der Waals surface area contributed by atoms with Gasteiger partial charge in [0, 0.05) is 16.2 Å². The highest BCUT2D eigenvalue weighted by molar-refractivity contribution is 7.11. The summed E-state index contributed by atoms with van der Waals surface area (Å²) in [7, 11) is 0. The average Bonchev–Trinajstić information content (AvgIpc) is 3.09. The molecule has 1 aromatic heterocycles. The van der Waals surface area contributed by atoms with E-state index in [9.17, 15) is 4.79 Å². The van der Waals surface area contributed by atoms with E-state index in [-0.39, 0.29) is 0 Å². The van der Waals surface area contributed by atoms with Crippen LogP contribution in [0, 0.1) is 0 Å². The van der Waals surface area contributed by atoms with E-state index >= 15 is 0 Å². The van der Waals surface area contributed by atoms with E-state index in [2.05, 4.69) is 42.5 Å². The lowest BCUT2D eigenvalue weighted by molar-refractivity contribution is -0.137. The van der Waals surface area contributed by atoms with Gasteiger partial charge in [0.25, 0.3) is 0 Å². The summed E-state index contributed by atoms with van der Waals surface area (Å²) in [4.78, 5) is 13.4. The van der Waals surface area contributed by atoms with Crippen LogP contribution in [0.3, 0.4) is 0 Å². The van der Waals surface area contributed by atoms with Crippen molar-refractivity contribution in [3.8, 4) is 0 Å². The molecule has 0 saturated carbocycles. The molecule has 0 aliphatic rings. The normalized spacial score (nSPS) is 10.9. The molecule has 0 saturated heterocycles. The number of thiophene rings is 1. The van der Waals surface area contributed by atoms with Gasteiger partial charge in [-0.2, -0.15) is 0 Å². The minimum atomic E-state index is -0.683. The zero-order chi connectivity index (χ0) is 18.5. The van der Waals surface area contributed by atoms with Crippen molar-refractivity contribution >= 4 is 17.3 Å². The number of carbonyl (C=O) groups is 1. The second-order valence-electron chi connectivity index (χ2n) is 7.08. The SMILES string of the molecule is O=C(O)CCCCc1ccc(CCCCCCCCc2ccccc2)s1. The summed E-state index contributed by atoms with van der Waals surface area (Å²) in [5, 5.41) is 8.66. The third-order valence-electron chi connectivity index (χ3n) is 4.76. The Hall–Kier alpha value is -1.61. The summed E-state index contributed by atoms with van der Waals surface area (Å²) in [6.07, 6.45) is 13.5. The molecule has 1 heterocycles. The number of rotatable bonds is 14. The Balaban J connectivity index is 1.45. The third kappa shape index (κ3) is 9.19. The van der Waals surface area contributed by atoms with Gasteiger partial charge in [0.15, 0.2) is 0 Å². The van der Waals surface area contributed by atoms with Crippen molar-refractivity contribution in [1.29, 1.82) is 0 Å². The van der Waals surface area contributed by atoms with E-state index in [0.717, 1.165) is 19.3 Å². The van der Waals surface area contributed by atoms with Crippen LogP contribution < -0.4 is 0 Å². The largest absolute Gasteiger partial charge is 0.481 e. The van der Waals surface area contributed by atoms with Crippen molar-refractivity contribution in [3.05, 3.63) is 57.8 Å². The number of benzene rings is 1. The van der Waals surface area contributed by atoms with Gasteiger partial charge < -0.3 is 5.11 Å². The number of hydrogen-bond donors (Lipinski definition) is 1. The lowest BCUT2D eigenvalue weighted by atomic mass is 10.0. The van der Waals surface area contributed by atoms with Crippen LogP contribution in [0.4, 0.5) is 0 Å². The van der Waals surface area contributed by atoms with Crippen LogP contribution in [-0.4, -0.2) is 11.1 Å². The molecule has 2 rings (SSSR count). The molecule has 0 radical (unpaired) electrons. The minimum Gasteiger partial charge on any atom is -0.481 e. The maximum atomic E-state index is 10.5. The van der Waals surface area contributed by atoms with Crippen molar-refractivity contribution in [2.75, 3.05) is 0 Å². The van der Waals surface area contributed by atoms with Gasteiger partial charge in [-0.05, 0) is 62.6 Å². The van der Waals surface area contributed by atoms with E-state index in [4.69, 9.17) is 5.11 Å². The lowest BCUT2D eigenvalue weighted by Crippen LogP contribution is -1.94. The van der Waals surface area contributed by atoms with Crippen molar-refractivity contribution in [1.82, 2.24) is 0 Å². The molecule has 3 heteroatoms. The Morgan fingerprint density at radius 3 is 1.85 bits per heavy atom. The van der Waals surface area contributed by atoms with Crippen LogP contribution in [0.1, 0.15) is 73.1 Å². The van der Waals surface area contributed by atoms with Crippen molar-refractivity contribution in [2.45, 2.75) is 77.0 Å². The zero-order valence-corrected chi connectivity index (χ0v) is 16.6. The number of unbranched alkanes of at least 4 members (excludes halogenated alkanes) is 6. The molecule has 1 aromatic carbocycles. The van der Waals surface area contributed by atoms with Gasteiger partial charge in [-0.3, -0.25) is 4.79 Å². The standard InChI is InChI=1S/C23H32O2S/c24-23(25)17-11-10-16-22-19-18-21(26-22)15-9-4-2-1-3-6-12-20-13-7-5-8-14-20/h5,7-8,13-14,18-19H,1-4,6,9-12,15-17H2,(H,24,25). The molecule has 142 valence electrons. The Morgan fingerprint density at radius 1 is 0.692 bits per heavy atom. The highest BCUT2D eigenvalue weighted by atomic mass is 32.1. The molecule has 26 heavy (non-hydrogen) atoms. The highest BCUT2D eigenvalue weighted by Gasteiger charge is 2.02. The fraction of sp³-hybridized carbons (Fsp3) is 0.522. The second kappa shape index (κ2) is 12.7.